The number of carbonyl (C=O) groups is 1. The maximum absolute atomic E-state index is 14.2. The molecule has 6 nitrogen and oxygen atoms in total. The third-order valence-electron chi connectivity index (χ3n) is 4.41. The third-order valence-corrected chi connectivity index (χ3v) is 5.61. The van der Waals surface area contributed by atoms with Crippen molar-refractivity contribution < 1.29 is 14.3 Å². The van der Waals surface area contributed by atoms with Crippen LogP contribution in [-0.2, 0) is 6.54 Å². The maximum Gasteiger partial charge on any atom is 0.407 e. The van der Waals surface area contributed by atoms with Crippen molar-refractivity contribution in [3.63, 3.8) is 0 Å². The zero-order chi connectivity index (χ0) is 22.8. The monoisotopic (exact) mass is 462 g/mol. The Kier molecular flexibility index (Phi) is 6.91. The molecule has 2 heterocycles. The first-order valence-corrected chi connectivity index (χ1v) is 10.8. The van der Waals surface area contributed by atoms with Crippen LogP contribution < -0.4 is 0 Å². The Hall–Kier alpha value is -2.58. The van der Waals surface area contributed by atoms with Crippen LogP contribution in [0.4, 0.5) is 9.18 Å². The van der Waals surface area contributed by atoms with Crippen molar-refractivity contribution in [1.82, 2.24) is 19.7 Å². The molecule has 1 N–H and O–H groups in total. The van der Waals surface area contributed by atoms with E-state index in [0.717, 1.165) is 4.90 Å². The van der Waals surface area contributed by atoms with E-state index in [9.17, 15) is 14.3 Å². The fraction of sp³-hybridized carbons (Fsp3) is 0.318. The molecule has 0 saturated carbocycles. The van der Waals surface area contributed by atoms with Gasteiger partial charge in [-0.1, -0.05) is 50.2 Å². The number of hydrogen-bond donors (Lipinski definition) is 1. The van der Waals surface area contributed by atoms with Gasteiger partial charge in [0, 0.05) is 23.2 Å². The predicted octanol–water partition coefficient (Wildman–Crippen LogP) is 6.05. The molecule has 0 atom stereocenters. The van der Waals surface area contributed by atoms with Gasteiger partial charge in [-0.05, 0) is 42.7 Å². The first-order valence-electron chi connectivity index (χ1n) is 9.65. The molecule has 9 heteroatoms. The van der Waals surface area contributed by atoms with E-state index in [-0.39, 0.29) is 17.8 Å². The van der Waals surface area contributed by atoms with Gasteiger partial charge in [0.25, 0.3) is 0 Å². The van der Waals surface area contributed by atoms with Crippen molar-refractivity contribution in [3.8, 4) is 5.69 Å². The summed E-state index contributed by atoms with van der Waals surface area (Å²) in [6.45, 7) is 8.11. The van der Waals surface area contributed by atoms with Crippen molar-refractivity contribution in [2.45, 2.75) is 44.2 Å². The molecule has 0 unspecified atom stereocenters. The van der Waals surface area contributed by atoms with Crippen molar-refractivity contribution in [2.75, 3.05) is 6.54 Å². The fourth-order valence-corrected chi connectivity index (χ4v) is 4.08. The summed E-state index contributed by atoms with van der Waals surface area (Å²) >= 11 is 7.28. The molecular formula is C22H24ClFN4O2S. The zero-order valence-corrected chi connectivity index (χ0v) is 19.3. The number of amides is 1. The van der Waals surface area contributed by atoms with Gasteiger partial charge in [0.2, 0.25) is 0 Å². The Balaban J connectivity index is 2.01. The van der Waals surface area contributed by atoms with Gasteiger partial charge in [0.15, 0.2) is 0 Å². The lowest BCUT2D eigenvalue weighted by molar-refractivity contribution is 0.122. The average Bonchev–Trinajstić information content (AvgIpc) is 3.06. The molecule has 0 aliphatic heterocycles. The first-order chi connectivity index (χ1) is 14.5. The second-order valence-electron chi connectivity index (χ2n) is 8.39. The van der Waals surface area contributed by atoms with Crippen molar-refractivity contribution in [3.05, 3.63) is 64.8 Å². The molecule has 2 aromatic heterocycles. The summed E-state index contributed by atoms with van der Waals surface area (Å²) in [5, 5.41) is 15.4. The van der Waals surface area contributed by atoms with E-state index in [2.05, 4.69) is 10.1 Å². The summed E-state index contributed by atoms with van der Waals surface area (Å²) in [6, 6.07) is 10.1. The Morgan fingerprint density at radius 1 is 1.29 bits per heavy atom. The molecule has 0 aliphatic rings. The topological polar surface area (TPSA) is 71.2 Å². The first kappa shape index (κ1) is 23.1. The van der Waals surface area contributed by atoms with Crippen molar-refractivity contribution >= 4 is 29.5 Å². The molecule has 0 saturated heterocycles. The number of carboxylic acid groups (broad SMARTS) is 1. The summed E-state index contributed by atoms with van der Waals surface area (Å²) in [5.74, 6) is -0.335. The van der Waals surface area contributed by atoms with Gasteiger partial charge in [-0.2, -0.15) is 5.10 Å². The Morgan fingerprint density at radius 3 is 2.65 bits per heavy atom. The summed E-state index contributed by atoms with van der Waals surface area (Å²) < 4.78 is 15.9. The van der Waals surface area contributed by atoms with E-state index in [1.54, 1.807) is 36.0 Å². The smallest absolute Gasteiger partial charge is 0.407 e. The van der Waals surface area contributed by atoms with Crippen molar-refractivity contribution in [1.29, 1.82) is 0 Å². The highest BCUT2D eigenvalue weighted by molar-refractivity contribution is 7.99. The zero-order valence-electron chi connectivity index (χ0n) is 17.8. The number of halogens is 2. The summed E-state index contributed by atoms with van der Waals surface area (Å²) in [7, 11) is 0. The van der Waals surface area contributed by atoms with Crippen LogP contribution in [0.5, 0.6) is 0 Å². The summed E-state index contributed by atoms with van der Waals surface area (Å²) in [6.07, 6.45) is 0.633. The van der Waals surface area contributed by atoms with Crippen LogP contribution in [0.2, 0.25) is 5.15 Å². The van der Waals surface area contributed by atoms with E-state index in [1.165, 1.54) is 22.7 Å². The number of benzene rings is 1. The highest BCUT2D eigenvalue weighted by atomic mass is 35.5. The Labute approximate surface area is 190 Å². The fourth-order valence-electron chi connectivity index (χ4n) is 3.06. The molecule has 0 fully saturated rings. The molecule has 3 rings (SSSR count). The van der Waals surface area contributed by atoms with Crippen LogP contribution >= 0.6 is 23.4 Å². The summed E-state index contributed by atoms with van der Waals surface area (Å²) in [5.41, 5.74) is 1.42. The normalized spacial score (nSPS) is 11.5. The molecule has 164 valence electrons. The minimum absolute atomic E-state index is 0.125. The largest absolute Gasteiger partial charge is 0.465 e. The van der Waals surface area contributed by atoms with Gasteiger partial charge in [0.05, 0.1) is 17.9 Å². The molecule has 0 radical (unpaired) electrons. The molecule has 0 aliphatic carbocycles. The number of rotatable bonds is 6. The van der Waals surface area contributed by atoms with Gasteiger partial charge in [-0.3, -0.25) is 0 Å². The number of pyridine rings is 1. The number of hydrogen-bond acceptors (Lipinski definition) is 4. The molecule has 1 amide bonds. The van der Waals surface area contributed by atoms with Crippen LogP contribution in [-0.4, -0.2) is 37.4 Å². The van der Waals surface area contributed by atoms with E-state index in [4.69, 9.17) is 11.6 Å². The van der Waals surface area contributed by atoms with Crippen LogP contribution in [0, 0.1) is 18.2 Å². The van der Waals surface area contributed by atoms with Gasteiger partial charge in [0.1, 0.15) is 16.0 Å². The quantitative estimate of drug-likeness (QED) is 0.452. The summed E-state index contributed by atoms with van der Waals surface area (Å²) in [4.78, 5) is 18.0. The minimum atomic E-state index is -1.01. The molecule has 0 bridgehead atoms. The van der Waals surface area contributed by atoms with Gasteiger partial charge < -0.3 is 10.0 Å². The van der Waals surface area contributed by atoms with E-state index in [0.29, 0.717) is 33.7 Å². The van der Waals surface area contributed by atoms with E-state index in [1.807, 2.05) is 32.9 Å². The highest BCUT2D eigenvalue weighted by Gasteiger charge is 2.23. The minimum Gasteiger partial charge on any atom is -0.465 e. The lowest BCUT2D eigenvalue weighted by atomic mass is 9.96. The molecule has 31 heavy (non-hydrogen) atoms. The standard InChI is InChI=1S/C22H24ClFN4O2S/c1-14-17(24)6-5-7-18(14)28-20(31-16-8-9-19(23)25-11-16)10-15(26-28)12-27(21(29)30)13-22(2,3)4/h5-11H,12-13H2,1-4H3,(H,29,30). The van der Waals surface area contributed by atoms with Gasteiger partial charge in [-0.15, -0.1) is 0 Å². The van der Waals surface area contributed by atoms with E-state index >= 15 is 0 Å². The molecule has 1 aromatic carbocycles. The van der Waals surface area contributed by atoms with Crippen LogP contribution in [0.1, 0.15) is 32.0 Å². The molecule has 3 aromatic rings. The SMILES string of the molecule is Cc1c(F)cccc1-n1nc(CN(CC(C)(C)C)C(=O)O)cc1Sc1ccc(Cl)nc1. The van der Waals surface area contributed by atoms with Gasteiger partial charge >= 0.3 is 6.09 Å². The maximum atomic E-state index is 14.2. The number of nitrogens with zero attached hydrogens (tertiary/aromatic N) is 4. The number of aromatic nitrogens is 3. The Morgan fingerprint density at radius 2 is 2.03 bits per heavy atom. The second kappa shape index (κ2) is 9.28. The van der Waals surface area contributed by atoms with Crippen LogP contribution in [0.3, 0.4) is 0 Å². The molecule has 0 spiro atoms. The average molecular weight is 463 g/mol. The van der Waals surface area contributed by atoms with Crippen molar-refractivity contribution in [2.24, 2.45) is 5.41 Å². The highest BCUT2D eigenvalue weighted by Crippen LogP contribution is 2.32. The lowest BCUT2D eigenvalue weighted by Gasteiger charge is -2.27. The third kappa shape index (κ3) is 5.98. The van der Waals surface area contributed by atoms with E-state index < -0.39 is 6.09 Å². The molecular weight excluding hydrogens is 439 g/mol. The second-order valence-corrected chi connectivity index (χ2v) is 9.87. The van der Waals surface area contributed by atoms with Gasteiger partial charge in [-0.25, -0.2) is 18.9 Å². The lowest BCUT2D eigenvalue weighted by Crippen LogP contribution is -2.36. The predicted molar refractivity (Wildman–Crippen MR) is 120 cm³/mol. The Bertz CT molecular complexity index is 1080. The van der Waals surface area contributed by atoms with Crippen LogP contribution in [0.15, 0.2) is 52.5 Å². The van der Waals surface area contributed by atoms with Crippen LogP contribution in [0.25, 0.3) is 5.69 Å².